The molecule has 1 aliphatic rings. The maximum absolute atomic E-state index is 13.2. The second kappa shape index (κ2) is 11.2. The minimum absolute atomic E-state index is 0.0224. The predicted molar refractivity (Wildman–Crippen MR) is 142 cm³/mol. The first-order chi connectivity index (χ1) is 18.4. The third-order valence-corrected chi connectivity index (χ3v) is 7.44. The summed E-state index contributed by atoms with van der Waals surface area (Å²) in [5.74, 6) is 0.977. The predicted octanol–water partition coefficient (Wildman–Crippen LogP) is 4.37. The summed E-state index contributed by atoms with van der Waals surface area (Å²) < 4.78 is 20.6. The lowest BCUT2D eigenvalue weighted by Gasteiger charge is -2.40. The zero-order valence-corrected chi connectivity index (χ0v) is 22.0. The number of amides is 2. The molecule has 2 aromatic carbocycles. The monoisotopic (exact) mass is 533 g/mol. The largest absolute Gasteiger partial charge is 0.461 e. The first-order valence-electron chi connectivity index (χ1n) is 12.4. The van der Waals surface area contributed by atoms with Crippen molar-refractivity contribution in [1.29, 1.82) is 0 Å². The van der Waals surface area contributed by atoms with Gasteiger partial charge in [0.1, 0.15) is 5.82 Å². The van der Waals surface area contributed by atoms with Crippen LogP contribution in [0.1, 0.15) is 18.1 Å². The lowest BCUT2D eigenvalue weighted by molar-refractivity contribution is -0.140. The first kappa shape index (κ1) is 25.7. The van der Waals surface area contributed by atoms with Gasteiger partial charge in [0.05, 0.1) is 24.1 Å². The Morgan fingerprint density at radius 2 is 1.87 bits per heavy atom. The van der Waals surface area contributed by atoms with Gasteiger partial charge in [0, 0.05) is 25.7 Å². The van der Waals surface area contributed by atoms with E-state index in [0.717, 1.165) is 16.8 Å². The van der Waals surface area contributed by atoms with E-state index in [1.807, 2.05) is 48.7 Å². The van der Waals surface area contributed by atoms with E-state index in [1.54, 1.807) is 34.3 Å². The zero-order valence-electron chi connectivity index (χ0n) is 21.2. The molecular weight excluding hydrogens is 505 g/mol. The molecule has 10 heteroatoms. The fourth-order valence-corrected chi connectivity index (χ4v) is 5.43. The Hall–Kier alpha value is -3.92. The number of piperazine rings is 1. The van der Waals surface area contributed by atoms with Gasteiger partial charge in [-0.25, -0.2) is 4.39 Å². The first-order valence-corrected chi connectivity index (χ1v) is 13.4. The molecule has 1 atom stereocenters. The molecule has 4 aromatic rings. The highest BCUT2D eigenvalue weighted by molar-refractivity contribution is 7.99. The van der Waals surface area contributed by atoms with Gasteiger partial charge in [-0.2, -0.15) is 0 Å². The quantitative estimate of drug-likeness (QED) is 0.328. The number of hydrogen-bond donors (Lipinski definition) is 0. The van der Waals surface area contributed by atoms with Crippen molar-refractivity contribution in [3.63, 3.8) is 0 Å². The van der Waals surface area contributed by atoms with E-state index >= 15 is 0 Å². The number of thioether (sulfide) groups is 1. The maximum atomic E-state index is 13.2. The van der Waals surface area contributed by atoms with E-state index in [2.05, 4.69) is 10.2 Å². The van der Waals surface area contributed by atoms with Crippen LogP contribution in [0.3, 0.4) is 0 Å². The molecule has 196 valence electrons. The molecule has 0 bridgehead atoms. The molecule has 1 fully saturated rings. The van der Waals surface area contributed by atoms with E-state index in [-0.39, 0.29) is 35.8 Å². The van der Waals surface area contributed by atoms with Crippen molar-refractivity contribution in [1.82, 2.24) is 24.6 Å². The molecule has 8 nitrogen and oxygen atoms in total. The van der Waals surface area contributed by atoms with Crippen LogP contribution < -0.4 is 0 Å². The van der Waals surface area contributed by atoms with Crippen LogP contribution in [0.25, 0.3) is 17.3 Å². The average Bonchev–Trinajstić information content (AvgIpc) is 3.58. The molecule has 38 heavy (non-hydrogen) atoms. The van der Waals surface area contributed by atoms with Gasteiger partial charge in [0.2, 0.25) is 17.6 Å². The summed E-state index contributed by atoms with van der Waals surface area (Å²) in [6.07, 6.45) is 1.80. The number of aryl methyl sites for hydroxylation is 1. The summed E-state index contributed by atoms with van der Waals surface area (Å²) in [7, 11) is 0. The second-order valence-corrected chi connectivity index (χ2v) is 10.3. The van der Waals surface area contributed by atoms with Gasteiger partial charge in [-0.15, -0.1) is 10.2 Å². The summed E-state index contributed by atoms with van der Waals surface area (Å²) in [5.41, 5.74) is 2.75. The summed E-state index contributed by atoms with van der Waals surface area (Å²) in [6, 6.07) is 17.5. The number of furan rings is 1. The van der Waals surface area contributed by atoms with Crippen LogP contribution >= 0.6 is 11.8 Å². The van der Waals surface area contributed by atoms with Gasteiger partial charge in [-0.1, -0.05) is 36.0 Å². The molecule has 2 amide bonds. The van der Waals surface area contributed by atoms with E-state index in [9.17, 15) is 14.0 Å². The summed E-state index contributed by atoms with van der Waals surface area (Å²) in [4.78, 5) is 29.6. The Morgan fingerprint density at radius 3 is 2.58 bits per heavy atom. The Balaban J connectivity index is 1.23. The Morgan fingerprint density at radius 1 is 1.05 bits per heavy atom. The molecule has 0 radical (unpaired) electrons. The third kappa shape index (κ3) is 5.65. The molecule has 0 saturated carbocycles. The second-order valence-electron chi connectivity index (χ2n) is 9.33. The third-order valence-electron chi connectivity index (χ3n) is 6.53. The highest BCUT2D eigenvalue weighted by Gasteiger charge is 2.30. The van der Waals surface area contributed by atoms with Crippen LogP contribution in [0.2, 0.25) is 0 Å². The Bertz CT molecular complexity index is 1420. The van der Waals surface area contributed by atoms with Crippen molar-refractivity contribution in [2.24, 2.45) is 0 Å². The number of halogens is 1. The molecule has 2 aromatic heterocycles. The van der Waals surface area contributed by atoms with Crippen molar-refractivity contribution in [2.45, 2.75) is 31.5 Å². The van der Waals surface area contributed by atoms with Crippen molar-refractivity contribution in [3.05, 3.63) is 83.9 Å². The van der Waals surface area contributed by atoms with Crippen molar-refractivity contribution in [3.8, 4) is 17.3 Å². The molecular formula is C28H28FN5O3S. The number of rotatable bonds is 7. The fraction of sp³-hybridized carbons (Fsp3) is 0.286. The number of carbonyl (C=O) groups excluding carboxylic acids is 2. The normalized spacial score (nSPS) is 15.6. The summed E-state index contributed by atoms with van der Waals surface area (Å²) in [5, 5.41) is 9.30. The van der Waals surface area contributed by atoms with Crippen LogP contribution in [0.15, 0.2) is 76.5 Å². The van der Waals surface area contributed by atoms with Crippen LogP contribution in [-0.4, -0.2) is 67.8 Å². The van der Waals surface area contributed by atoms with Gasteiger partial charge in [-0.05, 0) is 61.4 Å². The minimum Gasteiger partial charge on any atom is -0.461 e. The van der Waals surface area contributed by atoms with Crippen LogP contribution in [-0.2, 0) is 16.0 Å². The van der Waals surface area contributed by atoms with Gasteiger partial charge in [0.25, 0.3) is 0 Å². The number of hydrogen-bond acceptors (Lipinski definition) is 6. The zero-order chi connectivity index (χ0) is 26.6. The standard InChI is InChI=1S/C28H28FN5O3S/c1-19-5-3-6-23(15-19)34-27(24-7-4-14-37-24)30-31-28(34)38-18-26(36)32-12-13-33(20(2)17-32)25(35)16-21-8-10-22(29)11-9-21/h3-11,14-15,20H,12-13,16-18H2,1-2H3. The van der Waals surface area contributed by atoms with Crippen molar-refractivity contribution < 1.29 is 18.4 Å². The fourth-order valence-electron chi connectivity index (χ4n) is 4.58. The van der Waals surface area contributed by atoms with E-state index in [0.29, 0.717) is 36.4 Å². The lowest BCUT2D eigenvalue weighted by atomic mass is 10.1. The SMILES string of the molecule is Cc1cccc(-n2c(SCC(=O)N3CCN(C(=O)Cc4ccc(F)cc4)C(C)C3)nnc2-c2ccco2)c1. The molecule has 1 unspecified atom stereocenters. The number of benzene rings is 2. The molecule has 1 aliphatic heterocycles. The summed E-state index contributed by atoms with van der Waals surface area (Å²) in [6.45, 7) is 5.33. The van der Waals surface area contributed by atoms with Crippen LogP contribution in [0.4, 0.5) is 4.39 Å². The van der Waals surface area contributed by atoms with Gasteiger partial charge in [-0.3, -0.25) is 14.2 Å². The Kier molecular flexibility index (Phi) is 7.59. The molecule has 5 rings (SSSR count). The highest BCUT2D eigenvalue weighted by Crippen LogP contribution is 2.29. The van der Waals surface area contributed by atoms with Gasteiger partial charge >= 0.3 is 0 Å². The van der Waals surface area contributed by atoms with Gasteiger partial charge in [0.15, 0.2) is 10.9 Å². The maximum Gasteiger partial charge on any atom is 0.233 e. The minimum atomic E-state index is -0.325. The number of aromatic nitrogens is 3. The molecule has 0 N–H and O–H groups in total. The molecule has 3 heterocycles. The van der Waals surface area contributed by atoms with Crippen LogP contribution in [0, 0.1) is 12.7 Å². The molecule has 0 aliphatic carbocycles. The lowest BCUT2D eigenvalue weighted by Crippen LogP contribution is -2.56. The van der Waals surface area contributed by atoms with E-state index in [1.165, 1.54) is 23.9 Å². The van der Waals surface area contributed by atoms with Crippen LogP contribution in [0.5, 0.6) is 0 Å². The molecule has 0 spiro atoms. The highest BCUT2D eigenvalue weighted by atomic mass is 32.2. The number of nitrogens with zero attached hydrogens (tertiary/aromatic N) is 5. The van der Waals surface area contributed by atoms with E-state index in [4.69, 9.17) is 4.42 Å². The molecule has 1 saturated heterocycles. The van der Waals surface area contributed by atoms with E-state index < -0.39 is 0 Å². The smallest absolute Gasteiger partial charge is 0.233 e. The topological polar surface area (TPSA) is 84.5 Å². The van der Waals surface area contributed by atoms with Crippen molar-refractivity contribution in [2.75, 3.05) is 25.4 Å². The average molecular weight is 534 g/mol. The Labute approximate surface area is 224 Å². The summed E-state index contributed by atoms with van der Waals surface area (Å²) >= 11 is 1.32. The van der Waals surface area contributed by atoms with Gasteiger partial charge < -0.3 is 14.2 Å². The van der Waals surface area contributed by atoms with Crippen molar-refractivity contribution >= 4 is 23.6 Å². The number of carbonyl (C=O) groups is 2.